The highest BCUT2D eigenvalue weighted by Gasteiger charge is 2.26. The number of carbonyl (C=O) groups is 1. The van der Waals surface area contributed by atoms with Crippen molar-refractivity contribution in [3.63, 3.8) is 0 Å². The van der Waals surface area contributed by atoms with Crippen LogP contribution >= 0.6 is 11.6 Å². The van der Waals surface area contributed by atoms with Crippen LogP contribution in [0.3, 0.4) is 0 Å². The van der Waals surface area contributed by atoms with Crippen molar-refractivity contribution in [3.05, 3.63) is 11.5 Å². The molecular weight excluding hydrogens is 290 g/mol. The lowest BCUT2D eigenvalue weighted by Gasteiger charge is -2.22. The second kappa shape index (κ2) is 6.05. The summed E-state index contributed by atoms with van der Waals surface area (Å²) in [5, 5.41) is 4.39. The summed E-state index contributed by atoms with van der Waals surface area (Å²) in [6.07, 6.45) is 0.628. The molecule has 1 unspecified atom stereocenters. The molecule has 2 rings (SSSR count). The number of aryl methyl sites for hydroxylation is 3. The van der Waals surface area contributed by atoms with E-state index in [1.807, 2.05) is 39.4 Å². The fourth-order valence-electron chi connectivity index (χ4n) is 2.59. The number of carbonyl (C=O) groups excluding carboxylic acids is 1. The molecule has 0 saturated heterocycles. The van der Waals surface area contributed by atoms with Gasteiger partial charge in [-0.25, -0.2) is 4.98 Å². The predicted molar refractivity (Wildman–Crippen MR) is 83.7 cm³/mol. The molecule has 6 nitrogen and oxygen atoms in total. The minimum atomic E-state index is -0.326. The molecule has 1 amide bonds. The van der Waals surface area contributed by atoms with E-state index in [1.54, 1.807) is 9.58 Å². The zero-order valence-electron chi connectivity index (χ0n) is 13.2. The summed E-state index contributed by atoms with van der Waals surface area (Å²) < 4.78 is 3.75. The van der Waals surface area contributed by atoms with Crippen LogP contribution in [0.5, 0.6) is 0 Å². The van der Waals surface area contributed by atoms with Gasteiger partial charge in [-0.15, -0.1) is 11.6 Å². The third-order valence-electron chi connectivity index (χ3n) is 3.82. The third kappa shape index (κ3) is 2.64. The molecule has 0 aliphatic carbocycles. The average Bonchev–Trinajstić information content (AvgIpc) is 2.96. The molecular formula is C14H22ClN5O. The van der Waals surface area contributed by atoms with Crippen LogP contribution in [0, 0.1) is 6.92 Å². The molecule has 2 aromatic rings. The van der Waals surface area contributed by atoms with Gasteiger partial charge in [-0.3, -0.25) is 9.48 Å². The van der Waals surface area contributed by atoms with E-state index in [9.17, 15) is 4.79 Å². The van der Waals surface area contributed by atoms with Gasteiger partial charge in [0.1, 0.15) is 17.4 Å². The Bertz CT molecular complexity index is 660. The molecule has 7 heteroatoms. The molecule has 0 N–H and O–H groups in total. The number of likely N-dealkylation sites (N-methyl/N-ethyl adjacent to an activating group) is 1. The lowest BCUT2D eigenvalue weighted by molar-refractivity contribution is -0.132. The summed E-state index contributed by atoms with van der Waals surface area (Å²) in [6.45, 7) is 6.46. The fourth-order valence-corrected chi connectivity index (χ4v) is 2.76. The summed E-state index contributed by atoms with van der Waals surface area (Å²) in [5.74, 6) is 1.37. The van der Waals surface area contributed by atoms with Crippen LogP contribution in [0.15, 0.2) is 0 Å². The highest BCUT2D eigenvalue weighted by molar-refractivity contribution is 6.17. The van der Waals surface area contributed by atoms with Crippen molar-refractivity contribution < 1.29 is 4.79 Å². The Hall–Kier alpha value is -1.56. The third-order valence-corrected chi connectivity index (χ3v) is 4.01. The number of alkyl halides is 1. The van der Waals surface area contributed by atoms with Gasteiger partial charge in [0.05, 0.1) is 5.69 Å². The first kappa shape index (κ1) is 15.8. The summed E-state index contributed by atoms with van der Waals surface area (Å²) in [5.41, 5.74) is 2.58. The zero-order valence-corrected chi connectivity index (χ0v) is 14.0. The summed E-state index contributed by atoms with van der Waals surface area (Å²) >= 11 is 5.89. The normalized spacial score (nSPS) is 12.9. The van der Waals surface area contributed by atoms with Gasteiger partial charge >= 0.3 is 0 Å². The number of rotatable bonds is 5. The zero-order chi connectivity index (χ0) is 15.7. The van der Waals surface area contributed by atoms with Crippen LogP contribution in [0.4, 0.5) is 0 Å². The Balaban J connectivity index is 2.59. The molecule has 116 valence electrons. The van der Waals surface area contributed by atoms with Crippen LogP contribution in [-0.4, -0.2) is 49.6 Å². The fraction of sp³-hybridized carbons (Fsp3) is 0.643. The van der Waals surface area contributed by atoms with Crippen molar-refractivity contribution in [1.29, 1.82) is 0 Å². The first-order valence-corrected chi connectivity index (χ1v) is 7.67. The summed E-state index contributed by atoms with van der Waals surface area (Å²) in [7, 11) is 3.68. The highest BCUT2D eigenvalue weighted by atomic mass is 35.5. The van der Waals surface area contributed by atoms with Crippen LogP contribution < -0.4 is 0 Å². The maximum atomic E-state index is 12.5. The standard InChI is InChI=1S/C14H22ClN5O/c1-6-18(4)14(21)10(3)20-11(7-8-15)16-12-9(2)17-19(5)13(12)20/h10H,6-8H2,1-5H3. The number of nitrogens with zero attached hydrogens (tertiary/aromatic N) is 5. The second-order valence-corrected chi connectivity index (χ2v) is 5.62. The molecule has 0 fully saturated rings. The van der Waals surface area contributed by atoms with Crippen molar-refractivity contribution in [2.45, 2.75) is 33.2 Å². The SMILES string of the molecule is CCN(C)C(=O)C(C)n1c(CCCl)nc2c(C)nn(C)c21. The number of imidazole rings is 1. The van der Waals surface area contributed by atoms with Crippen molar-refractivity contribution in [2.75, 3.05) is 19.5 Å². The first-order valence-electron chi connectivity index (χ1n) is 7.13. The lowest BCUT2D eigenvalue weighted by atomic mass is 10.2. The van der Waals surface area contributed by atoms with Crippen LogP contribution in [0.2, 0.25) is 0 Å². The van der Waals surface area contributed by atoms with Gasteiger partial charge in [-0.05, 0) is 20.8 Å². The van der Waals surface area contributed by atoms with Gasteiger partial charge in [0.2, 0.25) is 5.91 Å². The summed E-state index contributed by atoms with van der Waals surface area (Å²) in [4.78, 5) is 18.9. The van der Waals surface area contributed by atoms with Gasteiger partial charge in [-0.1, -0.05) is 0 Å². The Morgan fingerprint density at radius 1 is 1.48 bits per heavy atom. The molecule has 2 aromatic heterocycles. The molecule has 0 aliphatic rings. The number of hydrogen-bond acceptors (Lipinski definition) is 3. The van der Waals surface area contributed by atoms with Crippen molar-refractivity contribution in [3.8, 4) is 0 Å². The van der Waals surface area contributed by atoms with Gasteiger partial charge < -0.3 is 9.47 Å². The lowest BCUT2D eigenvalue weighted by Crippen LogP contribution is -2.33. The van der Waals surface area contributed by atoms with Gasteiger partial charge in [0, 0.05) is 32.9 Å². The Morgan fingerprint density at radius 2 is 2.14 bits per heavy atom. The van der Waals surface area contributed by atoms with E-state index in [0.717, 1.165) is 22.7 Å². The van der Waals surface area contributed by atoms with Crippen molar-refractivity contribution in [2.24, 2.45) is 7.05 Å². The Labute approximate surface area is 129 Å². The average molecular weight is 312 g/mol. The van der Waals surface area contributed by atoms with Crippen LogP contribution in [-0.2, 0) is 18.3 Å². The quantitative estimate of drug-likeness (QED) is 0.792. The van der Waals surface area contributed by atoms with Gasteiger partial charge in [0.25, 0.3) is 0 Å². The van der Waals surface area contributed by atoms with Crippen molar-refractivity contribution in [1.82, 2.24) is 24.2 Å². The minimum absolute atomic E-state index is 0.0616. The molecule has 0 radical (unpaired) electrons. The number of amides is 1. The van der Waals surface area contributed by atoms with Crippen LogP contribution in [0.1, 0.15) is 31.4 Å². The second-order valence-electron chi connectivity index (χ2n) is 5.25. The maximum Gasteiger partial charge on any atom is 0.245 e. The molecule has 2 heterocycles. The molecule has 0 spiro atoms. The van der Waals surface area contributed by atoms with Crippen molar-refractivity contribution >= 4 is 28.7 Å². The Morgan fingerprint density at radius 3 is 2.71 bits per heavy atom. The Kier molecular flexibility index (Phi) is 4.56. The number of halogens is 1. The molecule has 0 aliphatic heterocycles. The maximum absolute atomic E-state index is 12.5. The van der Waals surface area contributed by atoms with E-state index < -0.39 is 0 Å². The molecule has 0 aromatic carbocycles. The monoisotopic (exact) mass is 311 g/mol. The number of aromatic nitrogens is 4. The molecule has 0 saturated carbocycles. The topological polar surface area (TPSA) is 56.0 Å². The molecule has 21 heavy (non-hydrogen) atoms. The highest BCUT2D eigenvalue weighted by Crippen LogP contribution is 2.24. The van der Waals surface area contributed by atoms with E-state index in [2.05, 4.69) is 10.1 Å². The predicted octanol–water partition coefficient (Wildman–Crippen LogP) is 1.90. The van der Waals surface area contributed by atoms with E-state index in [1.165, 1.54) is 0 Å². The largest absolute Gasteiger partial charge is 0.344 e. The minimum Gasteiger partial charge on any atom is -0.344 e. The molecule has 1 atom stereocenters. The van der Waals surface area contributed by atoms with E-state index in [4.69, 9.17) is 11.6 Å². The van der Waals surface area contributed by atoms with E-state index >= 15 is 0 Å². The van der Waals surface area contributed by atoms with Crippen LogP contribution in [0.25, 0.3) is 11.2 Å². The number of hydrogen-bond donors (Lipinski definition) is 0. The smallest absolute Gasteiger partial charge is 0.245 e. The van der Waals surface area contributed by atoms with Gasteiger partial charge in [-0.2, -0.15) is 5.10 Å². The van der Waals surface area contributed by atoms with Gasteiger partial charge in [0.15, 0.2) is 5.65 Å². The first-order chi connectivity index (χ1) is 9.92. The molecule has 0 bridgehead atoms. The van der Waals surface area contributed by atoms with E-state index in [0.29, 0.717) is 18.8 Å². The summed E-state index contributed by atoms with van der Waals surface area (Å²) in [6, 6.07) is -0.326. The van der Waals surface area contributed by atoms with E-state index in [-0.39, 0.29) is 11.9 Å². The number of fused-ring (bicyclic) bond motifs is 1.